The summed E-state index contributed by atoms with van der Waals surface area (Å²) in [5, 5.41) is 7.10. The first kappa shape index (κ1) is 17.8. The van der Waals surface area contributed by atoms with Gasteiger partial charge in [0.15, 0.2) is 6.19 Å². The second-order valence-electron chi connectivity index (χ2n) is 0.129. The fraction of sp³-hybridized carbons (Fsp3) is 0. The fourth-order valence-corrected chi connectivity index (χ4v) is 0. The predicted octanol–water partition coefficient (Wildman–Crippen LogP) is -2.31. The third-order valence-corrected chi connectivity index (χ3v) is 0. The van der Waals surface area contributed by atoms with Crippen LogP contribution in [0.4, 0.5) is 0 Å². The van der Waals surface area contributed by atoms with E-state index in [1.54, 1.807) is 0 Å². The molecule has 0 saturated carbocycles. The molecule has 4 heteroatoms. The predicted molar refractivity (Wildman–Crippen MR) is 22.0 cm³/mol. The van der Waals surface area contributed by atoms with Gasteiger partial charge in [-0.2, -0.15) is 5.26 Å². The Balaban J connectivity index is -0.0000000200. The summed E-state index contributed by atoms with van der Waals surface area (Å²) in [4.78, 5) is 0. The van der Waals surface area contributed by atoms with Crippen molar-refractivity contribution in [3.63, 3.8) is 0 Å². The molecule has 0 aromatic carbocycles. The van der Waals surface area contributed by atoms with Crippen LogP contribution in [0.3, 0.4) is 0 Å². The molecule has 0 spiro atoms. The van der Waals surface area contributed by atoms with Gasteiger partial charge in [-0.3, -0.25) is 0 Å². The molecule has 28 valence electrons. The van der Waals surface area contributed by atoms with E-state index in [1.165, 1.54) is 6.19 Å². The molecule has 0 radical (unpaired) electrons. The Morgan fingerprint density at radius 3 is 1.60 bits per heavy atom. The molecule has 0 aliphatic heterocycles. The normalized spacial score (nSPS) is 1.40. The maximum atomic E-state index is 7.10. The van der Waals surface area contributed by atoms with Gasteiger partial charge in [0.25, 0.3) is 0 Å². The first-order valence-electron chi connectivity index (χ1n) is 0.512. The Hall–Kier alpha value is 0.510. The van der Waals surface area contributed by atoms with E-state index < -0.39 is 0 Å². The quantitative estimate of drug-likeness (QED) is 0.212. The van der Waals surface area contributed by atoms with Crippen LogP contribution in [0.25, 0.3) is 0 Å². The van der Waals surface area contributed by atoms with Crippen molar-refractivity contribution >= 4 is 37.7 Å². The van der Waals surface area contributed by atoms with Gasteiger partial charge >= 0.3 is 37.7 Å². The number of nitrogens with two attached hydrogens (primary N) is 1. The topological polar surface area (TPSA) is 81.3 Å². The Morgan fingerprint density at radius 1 is 1.60 bits per heavy atom. The third kappa shape index (κ3) is 109. The number of rotatable bonds is 0. The summed E-state index contributed by atoms with van der Waals surface area (Å²) in [6.45, 7) is 0. The summed E-state index contributed by atoms with van der Waals surface area (Å²) in [7, 11) is 0. The maximum absolute atomic E-state index is 7.10. The molecule has 3 nitrogen and oxygen atoms in total. The van der Waals surface area contributed by atoms with Crippen molar-refractivity contribution in [3.8, 4) is 6.19 Å². The van der Waals surface area contributed by atoms with Gasteiger partial charge in [0.1, 0.15) is 0 Å². The molecule has 5 heavy (non-hydrogen) atoms. The molecule has 0 bridgehead atoms. The van der Waals surface area contributed by atoms with Gasteiger partial charge in [-0.15, -0.1) is 0 Å². The van der Waals surface area contributed by atoms with Gasteiger partial charge in [0.2, 0.25) is 0 Å². The SMILES string of the molecule is N#CN.O.[CaH2]. The van der Waals surface area contributed by atoms with Crippen LogP contribution in [0.5, 0.6) is 0 Å². The van der Waals surface area contributed by atoms with E-state index in [0.717, 1.165) is 0 Å². The molecule has 0 atom stereocenters. The molecule has 0 unspecified atom stereocenters. The van der Waals surface area contributed by atoms with Gasteiger partial charge in [-0.25, -0.2) is 0 Å². The standard InChI is InChI=1S/CH2N2.Ca.H2O.2H/c2-1-3;;;;/h2H2;;1H2;;. The van der Waals surface area contributed by atoms with Crippen LogP contribution in [0.15, 0.2) is 0 Å². The van der Waals surface area contributed by atoms with Crippen LogP contribution in [0, 0.1) is 11.5 Å². The van der Waals surface area contributed by atoms with E-state index in [9.17, 15) is 0 Å². The molecule has 0 aromatic heterocycles. The van der Waals surface area contributed by atoms with Crippen molar-refractivity contribution in [2.75, 3.05) is 0 Å². The first-order valence-corrected chi connectivity index (χ1v) is 0.512. The summed E-state index contributed by atoms with van der Waals surface area (Å²) in [5.41, 5.74) is 4.15. The van der Waals surface area contributed by atoms with Crippen molar-refractivity contribution in [3.05, 3.63) is 0 Å². The molecule has 0 aromatic rings. The van der Waals surface area contributed by atoms with Crippen LogP contribution in [0.2, 0.25) is 0 Å². The molecule has 0 amide bonds. The summed E-state index contributed by atoms with van der Waals surface area (Å²) >= 11 is 0. The second kappa shape index (κ2) is 24.4. The minimum atomic E-state index is 0. The van der Waals surface area contributed by atoms with Crippen molar-refractivity contribution in [2.24, 2.45) is 5.73 Å². The van der Waals surface area contributed by atoms with Crippen molar-refractivity contribution in [1.82, 2.24) is 0 Å². The zero-order valence-corrected chi connectivity index (χ0v) is 2.02. The average molecular weight is 102 g/mol. The van der Waals surface area contributed by atoms with Gasteiger partial charge in [0, 0.05) is 0 Å². The molecule has 0 saturated heterocycles. The molecule has 0 aliphatic carbocycles. The number of hydrogen-bond donors (Lipinski definition) is 1. The summed E-state index contributed by atoms with van der Waals surface area (Å²) < 4.78 is 0. The Labute approximate surface area is 60.1 Å². The van der Waals surface area contributed by atoms with E-state index in [0.29, 0.717) is 0 Å². The van der Waals surface area contributed by atoms with Crippen LogP contribution < -0.4 is 5.73 Å². The van der Waals surface area contributed by atoms with E-state index in [-0.39, 0.29) is 43.2 Å². The van der Waals surface area contributed by atoms with Crippen LogP contribution in [-0.2, 0) is 0 Å². The van der Waals surface area contributed by atoms with E-state index >= 15 is 0 Å². The van der Waals surface area contributed by atoms with Crippen LogP contribution in [0.1, 0.15) is 0 Å². The zero-order valence-electron chi connectivity index (χ0n) is 2.02. The van der Waals surface area contributed by atoms with E-state index in [4.69, 9.17) is 5.26 Å². The second-order valence-corrected chi connectivity index (χ2v) is 0.129. The summed E-state index contributed by atoms with van der Waals surface area (Å²) in [6.07, 6.45) is 1.25. The minimum absolute atomic E-state index is 0. The van der Waals surface area contributed by atoms with E-state index in [1.807, 2.05) is 0 Å². The van der Waals surface area contributed by atoms with Crippen LogP contribution in [-0.4, -0.2) is 43.2 Å². The van der Waals surface area contributed by atoms with Gasteiger partial charge in [-0.05, 0) is 0 Å². The third-order valence-electron chi connectivity index (χ3n) is 0. The number of hydrogen-bond acceptors (Lipinski definition) is 2. The van der Waals surface area contributed by atoms with Gasteiger partial charge < -0.3 is 11.2 Å². The Kier molecular flexibility index (Phi) is 86.7. The van der Waals surface area contributed by atoms with Crippen molar-refractivity contribution < 1.29 is 5.48 Å². The molecule has 0 aliphatic rings. The zero-order chi connectivity index (χ0) is 2.71. The fourth-order valence-electron chi connectivity index (χ4n) is 0. The Morgan fingerprint density at radius 2 is 1.60 bits per heavy atom. The van der Waals surface area contributed by atoms with Crippen molar-refractivity contribution in [1.29, 1.82) is 5.26 Å². The number of nitriles is 1. The monoisotopic (exact) mass is 102 g/mol. The van der Waals surface area contributed by atoms with Crippen LogP contribution >= 0.6 is 0 Å². The van der Waals surface area contributed by atoms with E-state index in [2.05, 4.69) is 5.73 Å². The van der Waals surface area contributed by atoms with Gasteiger partial charge in [-0.1, -0.05) is 0 Å². The summed E-state index contributed by atoms with van der Waals surface area (Å²) in [6, 6.07) is 0. The number of nitrogens with zero attached hydrogens (tertiary/aromatic N) is 1. The molecular weight excluding hydrogens is 96.1 g/mol. The van der Waals surface area contributed by atoms with Gasteiger partial charge in [0.05, 0.1) is 0 Å². The first-order chi connectivity index (χ1) is 1.41. The molecular formula is CH6CaN2O. The molecule has 0 fully saturated rings. The molecule has 4 N–H and O–H groups in total. The Bertz CT molecular complexity index is 31.1. The molecule has 0 heterocycles. The average Bonchev–Trinajstić information content (AvgIpc) is 0.918. The summed E-state index contributed by atoms with van der Waals surface area (Å²) in [5.74, 6) is 0. The van der Waals surface area contributed by atoms with Crippen molar-refractivity contribution in [2.45, 2.75) is 0 Å². The molecule has 0 rings (SSSR count).